The molecule has 12 heteroatoms. The normalized spacial score (nSPS) is 11.9. The Morgan fingerprint density at radius 2 is 2.08 bits per heavy atom. The Morgan fingerprint density at radius 3 is 2.62 bits per heavy atom. The third-order valence-electron chi connectivity index (χ3n) is 3.31. The molecule has 2 heterocycles. The second-order valence-corrected chi connectivity index (χ2v) is 5.03. The fourth-order valence-electron chi connectivity index (χ4n) is 2.07. The molecule has 128 valence electrons. The molecule has 0 bridgehead atoms. The number of amides is 1. The molecule has 1 unspecified atom stereocenters. The van der Waals surface area contributed by atoms with E-state index in [0.717, 1.165) is 6.20 Å². The molecule has 0 radical (unpaired) electrons. The summed E-state index contributed by atoms with van der Waals surface area (Å²) in [6.07, 6.45) is 2.38. The van der Waals surface area contributed by atoms with Crippen LogP contribution in [0.25, 0.3) is 0 Å². The van der Waals surface area contributed by atoms with Crippen LogP contribution in [-0.2, 0) is 11.3 Å². The molecule has 0 spiro atoms. The van der Waals surface area contributed by atoms with Crippen molar-refractivity contribution in [1.82, 2.24) is 24.9 Å². The number of aryl methyl sites for hydroxylation is 1. The number of nitro groups is 2. The van der Waals surface area contributed by atoms with Gasteiger partial charge in [0.05, 0.1) is 28.3 Å². The third kappa shape index (κ3) is 3.71. The Labute approximate surface area is 135 Å². The molecule has 0 aliphatic carbocycles. The molecule has 1 amide bonds. The number of aromatic nitrogens is 4. The molecule has 2 aromatic heterocycles. The number of carbonyl (C=O) groups excluding carboxylic acids is 1. The van der Waals surface area contributed by atoms with E-state index in [-0.39, 0.29) is 30.5 Å². The van der Waals surface area contributed by atoms with E-state index < -0.39 is 15.9 Å². The van der Waals surface area contributed by atoms with Crippen LogP contribution in [0.5, 0.6) is 0 Å². The topological polar surface area (TPSA) is 151 Å². The molecule has 24 heavy (non-hydrogen) atoms. The van der Waals surface area contributed by atoms with Gasteiger partial charge in [-0.05, 0) is 18.8 Å². The van der Waals surface area contributed by atoms with Crippen LogP contribution in [0.15, 0.2) is 18.5 Å². The highest BCUT2D eigenvalue weighted by Gasteiger charge is 2.24. The van der Waals surface area contributed by atoms with Crippen LogP contribution >= 0.6 is 0 Å². The summed E-state index contributed by atoms with van der Waals surface area (Å²) in [7, 11) is 0. The fourth-order valence-corrected chi connectivity index (χ4v) is 2.07. The average Bonchev–Trinajstić information content (AvgIpc) is 3.13. The summed E-state index contributed by atoms with van der Waals surface area (Å²) in [5, 5.41) is 31.5. The lowest BCUT2D eigenvalue weighted by Crippen LogP contribution is -2.34. The Morgan fingerprint density at radius 1 is 1.38 bits per heavy atom. The monoisotopic (exact) mass is 337 g/mol. The second kappa shape index (κ2) is 6.85. The van der Waals surface area contributed by atoms with Gasteiger partial charge in [0.1, 0.15) is 18.4 Å². The van der Waals surface area contributed by atoms with Gasteiger partial charge in [0.2, 0.25) is 5.91 Å². The highest BCUT2D eigenvalue weighted by Crippen LogP contribution is 2.16. The minimum Gasteiger partial charge on any atom is -0.358 e. The summed E-state index contributed by atoms with van der Waals surface area (Å²) in [5.74, 6) is -0.700. The van der Waals surface area contributed by atoms with E-state index in [1.807, 2.05) is 0 Å². The molecule has 1 atom stereocenters. The first kappa shape index (κ1) is 17.1. The SMILES string of the molecule is Cc1cc([N+](=O)[O-])nn1C(C)C(=O)NCCn1cc([N+](=O)[O-])cn1. The van der Waals surface area contributed by atoms with Crippen molar-refractivity contribution in [2.45, 2.75) is 26.4 Å². The van der Waals surface area contributed by atoms with Crippen LogP contribution in [-0.4, -0.2) is 41.9 Å². The quantitative estimate of drug-likeness (QED) is 0.573. The second-order valence-electron chi connectivity index (χ2n) is 5.03. The summed E-state index contributed by atoms with van der Waals surface area (Å²) < 4.78 is 2.61. The Balaban J connectivity index is 1.91. The van der Waals surface area contributed by atoms with Crippen LogP contribution in [0.4, 0.5) is 11.5 Å². The third-order valence-corrected chi connectivity index (χ3v) is 3.31. The summed E-state index contributed by atoms with van der Waals surface area (Å²) in [6, 6.07) is 0.554. The van der Waals surface area contributed by atoms with Gasteiger partial charge < -0.3 is 15.4 Å². The molecule has 2 aromatic rings. The standard InChI is InChI=1S/C12H15N7O5/c1-8-5-11(19(23)24)15-17(8)9(2)12(20)13-3-4-16-7-10(6-14-16)18(21)22/h5-7,9H,3-4H2,1-2H3,(H,13,20). The predicted octanol–water partition coefficient (Wildman–Crippen LogP) is 0.582. The highest BCUT2D eigenvalue weighted by atomic mass is 16.6. The first-order valence-corrected chi connectivity index (χ1v) is 6.94. The zero-order valence-corrected chi connectivity index (χ0v) is 12.9. The van der Waals surface area contributed by atoms with Crippen molar-refractivity contribution in [3.05, 3.63) is 44.4 Å². The minimum atomic E-state index is -0.731. The van der Waals surface area contributed by atoms with E-state index in [2.05, 4.69) is 15.5 Å². The Hall–Kier alpha value is -3.31. The molecular weight excluding hydrogens is 322 g/mol. The molecule has 0 aliphatic heterocycles. The summed E-state index contributed by atoms with van der Waals surface area (Å²) >= 11 is 0. The number of carbonyl (C=O) groups is 1. The first-order chi connectivity index (χ1) is 11.3. The predicted molar refractivity (Wildman–Crippen MR) is 80.2 cm³/mol. The molecule has 0 aliphatic rings. The number of hydrogen-bond donors (Lipinski definition) is 1. The fraction of sp³-hybridized carbons (Fsp3) is 0.417. The van der Waals surface area contributed by atoms with Gasteiger partial charge in [-0.3, -0.25) is 19.6 Å². The van der Waals surface area contributed by atoms with Gasteiger partial charge in [-0.15, -0.1) is 0 Å². The smallest absolute Gasteiger partial charge is 0.358 e. The van der Waals surface area contributed by atoms with E-state index in [1.54, 1.807) is 13.8 Å². The van der Waals surface area contributed by atoms with Gasteiger partial charge in [-0.1, -0.05) is 0 Å². The molecule has 2 rings (SSSR count). The van der Waals surface area contributed by atoms with E-state index in [0.29, 0.717) is 5.69 Å². The van der Waals surface area contributed by atoms with Crippen molar-refractivity contribution in [3.63, 3.8) is 0 Å². The maximum absolute atomic E-state index is 12.1. The van der Waals surface area contributed by atoms with E-state index in [4.69, 9.17) is 0 Å². The van der Waals surface area contributed by atoms with Crippen molar-refractivity contribution in [2.24, 2.45) is 0 Å². The molecule has 0 fully saturated rings. The number of rotatable bonds is 7. The van der Waals surface area contributed by atoms with Crippen LogP contribution in [0.3, 0.4) is 0 Å². The highest BCUT2D eigenvalue weighted by molar-refractivity contribution is 5.79. The number of hydrogen-bond acceptors (Lipinski definition) is 7. The number of nitrogens with zero attached hydrogens (tertiary/aromatic N) is 6. The van der Waals surface area contributed by atoms with Crippen molar-refractivity contribution in [3.8, 4) is 0 Å². The molecule has 0 saturated carbocycles. The number of nitrogens with one attached hydrogen (secondary N) is 1. The summed E-state index contributed by atoms with van der Waals surface area (Å²) in [6.45, 7) is 3.64. The van der Waals surface area contributed by atoms with Gasteiger partial charge in [0.25, 0.3) is 0 Å². The van der Waals surface area contributed by atoms with Gasteiger partial charge in [0.15, 0.2) is 0 Å². The van der Waals surface area contributed by atoms with Crippen molar-refractivity contribution in [2.75, 3.05) is 6.54 Å². The van der Waals surface area contributed by atoms with E-state index in [9.17, 15) is 25.0 Å². The molecular formula is C12H15N7O5. The van der Waals surface area contributed by atoms with Crippen molar-refractivity contribution < 1.29 is 14.6 Å². The zero-order chi connectivity index (χ0) is 17.9. The molecule has 0 saturated heterocycles. The molecule has 1 N–H and O–H groups in total. The minimum absolute atomic E-state index is 0.130. The summed E-state index contributed by atoms with van der Waals surface area (Å²) in [5.41, 5.74) is 0.362. The molecule has 12 nitrogen and oxygen atoms in total. The van der Waals surface area contributed by atoms with Crippen LogP contribution in [0, 0.1) is 27.2 Å². The lowest BCUT2D eigenvalue weighted by atomic mass is 10.3. The van der Waals surface area contributed by atoms with Gasteiger partial charge in [0, 0.05) is 6.54 Å². The van der Waals surface area contributed by atoms with Gasteiger partial charge in [-0.25, -0.2) is 0 Å². The molecule has 0 aromatic carbocycles. The zero-order valence-electron chi connectivity index (χ0n) is 12.9. The largest absolute Gasteiger partial charge is 0.390 e. The van der Waals surface area contributed by atoms with E-state index in [1.165, 1.54) is 21.6 Å². The Kier molecular flexibility index (Phi) is 4.87. The van der Waals surface area contributed by atoms with Crippen LogP contribution < -0.4 is 5.32 Å². The lowest BCUT2D eigenvalue weighted by Gasteiger charge is -2.11. The maximum Gasteiger partial charge on any atom is 0.390 e. The van der Waals surface area contributed by atoms with Crippen LogP contribution in [0.2, 0.25) is 0 Å². The lowest BCUT2D eigenvalue weighted by molar-refractivity contribution is -0.389. The van der Waals surface area contributed by atoms with Crippen LogP contribution in [0.1, 0.15) is 18.7 Å². The average molecular weight is 337 g/mol. The maximum atomic E-state index is 12.1. The van der Waals surface area contributed by atoms with Gasteiger partial charge in [-0.2, -0.15) is 9.78 Å². The van der Waals surface area contributed by atoms with Gasteiger partial charge >= 0.3 is 11.5 Å². The van der Waals surface area contributed by atoms with Crippen molar-refractivity contribution >= 4 is 17.4 Å². The first-order valence-electron chi connectivity index (χ1n) is 6.94. The van der Waals surface area contributed by atoms with E-state index >= 15 is 0 Å². The van der Waals surface area contributed by atoms with Crippen molar-refractivity contribution in [1.29, 1.82) is 0 Å². The Bertz CT molecular complexity index is 781. The summed E-state index contributed by atoms with van der Waals surface area (Å²) in [4.78, 5) is 32.2.